The van der Waals surface area contributed by atoms with Crippen LogP contribution in [0.25, 0.3) is 16.0 Å². The molecular formula is C28H23BrN2O5S. The van der Waals surface area contributed by atoms with Gasteiger partial charge in [0, 0.05) is 5.56 Å². The third kappa shape index (κ3) is 4.18. The molecule has 5 rings (SSSR count). The fourth-order valence-electron chi connectivity index (χ4n) is 4.58. The van der Waals surface area contributed by atoms with Crippen molar-refractivity contribution in [3.05, 3.63) is 86.4 Å². The van der Waals surface area contributed by atoms with E-state index in [2.05, 4.69) is 15.9 Å². The highest BCUT2D eigenvalue weighted by molar-refractivity contribution is 9.10. The lowest BCUT2D eigenvalue weighted by Gasteiger charge is -2.24. The number of phenols is 1. The molecule has 1 unspecified atom stereocenters. The lowest BCUT2D eigenvalue weighted by Crippen LogP contribution is -2.29. The van der Waals surface area contributed by atoms with Crippen LogP contribution in [0.1, 0.15) is 33.9 Å². The Hall–Kier alpha value is -3.69. The number of methoxy groups -OCH3 is 1. The molecule has 1 fully saturated rings. The smallest absolute Gasteiger partial charge is 0.301 e. The molecule has 4 aromatic rings. The number of aliphatic hydroxyl groups excluding tert-OH is 1. The molecule has 1 aliphatic heterocycles. The number of aryl methyl sites for hydroxylation is 3. The van der Waals surface area contributed by atoms with E-state index < -0.39 is 17.7 Å². The van der Waals surface area contributed by atoms with Crippen LogP contribution < -0.4 is 9.64 Å². The van der Waals surface area contributed by atoms with Crippen molar-refractivity contribution in [2.45, 2.75) is 26.8 Å². The van der Waals surface area contributed by atoms with Gasteiger partial charge >= 0.3 is 5.91 Å². The highest BCUT2D eigenvalue weighted by Gasteiger charge is 2.48. The Labute approximate surface area is 225 Å². The third-order valence-electron chi connectivity index (χ3n) is 6.38. The number of phenolic OH excluding ortho intramolecular Hbond substituents is 1. The Morgan fingerprint density at radius 1 is 1.05 bits per heavy atom. The van der Waals surface area contributed by atoms with Crippen molar-refractivity contribution >= 4 is 60.1 Å². The van der Waals surface area contributed by atoms with Gasteiger partial charge in [-0.1, -0.05) is 47.2 Å². The minimum absolute atomic E-state index is 0.0688. The van der Waals surface area contributed by atoms with Gasteiger partial charge < -0.3 is 14.9 Å². The summed E-state index contributed by atoms with van der Waals surface area (Å²) in [6, 6.07) is 13.2. The summed E-state index contributed by atoms with van der Waals surface area (Å²) >= 11 is 4.64. The maximum absolute atomic E-state index is 13.5. The number of benzene rings is 3. The number of halogens is 1. The maximum atomic E-state index is 13.5. The van der Waals surface area contributed by atoms with Crippen molar-refractivity contribution in [2.75, 3.05) is 12.0 Å². The Morgan fingerprint density at radius 2 is 1.76 bits per heavy atom. The van der Waals surface area contributed by atoms with E-state index in [1.54, 1.807) is 24.3 Å². The minimum Gasteiger partial charge on any atom is -0.507 e. The number of aromatic hydroxyl groups is 1. The molecule has 0 spiro atoms. The molecule has 1 saturated heterocycles. The van der Waals surface area contributed by atoms with Gasteiger partial charge in [0.05, 0.1) is 33.4 Å². The lowest BCUT2D eigenvalue weighted by atomic mass is 9.95. The average molecular weight is 579 g/mol. The molecule has 1 amide bonds. The number of anilines is 1. The topological polar surface area (TPSA) is 100.0 Å². The van der Waals surface area contributed by atoms with Crippen molar-refractivity contribution < 1.29 is 24.5 Å². The number of hydrogen-bond donors (Lipinski definition) is 2. The SMILES string of the molecule is COc1cc(C2C(=C(O)c3ccc(C)cc3)C(=O)C(=O)N2c2nc3c(C)cc(C)cc3s2)cc(Br)c1O. The molecule has 188 valence electrons. The van der Waals surface area contributed by atoms with E-state index in [0.29, 0.717) is 20.7 Å². The van der Waals surface area contributed by atoms with Crippen LogP contribution in [-0.2, 0) is 9.59 Å². The standard InChI is InChI=1S/C28H23BrN2O5S/c1-13-5-7-16(8-6-13)24(32)21-23(17-11-18(29)25(33)19(12-17)36-4)31(27(35)26(21)34)28-30-22-15(3)9-14(2)10-20(22)37-28/h5-12,23,32-33H,1-4H3. The molecule has 2 heterocycles. The minimum atomic E-state index is -1.01. The number of ether oxygens (including phenoxy) is 1. The third-order valence-corrected chi connectivity index (χ3v) is 7.99. The molecule has 9 heteroatoms. The first kappa shape index (κ1) is 25.0. The van der Waals surface area contributed by atoms with Gasteiger partial charge in [0.15, 0.2) is 16.6 Å². The first-order valence-electron chi connectivity index (χ1n) is 11.4. The number of nitrogens with zero attached hydrogens (tertiary/aromatic N) is 2. The molecule has 1 atom stereocenters. The number of thiazole rings is 1. The summed E-state index contributed by atoms with van der Waals surface area (Å²) in [4.78, 5) is 33.1. The second-order valence-corrected chi connectivity index (χ2v) is 10.9. The largest absolute Gasteiger partial charge is 0.507 e. The predicted octanol–water partition coefficient (Wildman–Crippen LogP) is 6.32. The van der Waals surface area contributed by atoms with Gasteiger partial charge in [0.2, 0.25) is 0 Å². The van der Waals surface area contributed by atoms with E-state index in [-0.39, 0.29) is 22.8 Å². The maximum Gasteiger partial charge on any atom is 0.301 e. The zero-order valence-electron chi connectivity index (χ0n) is 20.5. The summed E-state index contributed by atoms with van der Waals surface area (Å²) in [5, 5.41) is 22.1. The molecule has 1 aliphatic rings. The van der Waals surface area contributed by atoms with Crippen molar-refractivity contribution in [1.29, 1.82) is 0 Å². The lowest BCUT2D eigenvalue weighted by molar-refractivity contribution is -0.132. The fraction of sp³-hybridized carbons (Fsp3) is 0.179. The van der Waals surface area contributed by atoms with Crippen LogP contribution in [0, 0.1) is 20.8 Å². The summed E-state index contributed by atoms with van der Waals surface area (Å²) in [6.45, 7) is 5.85. The van der Waals surface area contributed by atoms with Gasteiger partial charge in [0.1, 0.15) is 5.76 Å². The monoisotopic (exact) mass is 578 g/mol. The number of carbonyl (C=O) groups is 2. The van der Waals surface area contributed by atoms with Gasteiger partial charge in [-0.05, 0) is 71.6 Å². The number of aromatic nitrogens is 1. The van der Waals surface area contributed by atoms with E-state index in [4.69, 9.17) is 9.72 Å². The number of rotatable bonds is 4. The van der Waals surface area contributed by atoms with E-state index in [1.165, 1.54) is 23.3 Å². The number of carbonyl (C=O) groups excluding carboxylic acids is 2. The molecule has 1 aromatic heterocycles. The molecule has 0 bridgehead atoms. The predicted molar refractivity (Wildman–Crippen MR) is 147 cm³/mol. The number of hydrogen-bond acceptors (Lipinski definition) is 7. The van der Waals surface area contributed by atoms with E-state index >= 15 is 0 Å². The molecule has 3 aromatic carbocycles. The number of fused-ring (bicyclic) bond motifs is 1. The van der Waals surface area contributed by atoms with E-state index in [1.807, 2.05) is 45.0 Å². The highest BCUT2D eigenvalue weighted by Crippen LogP contribution is 2.47. The van der Waals surface area contributed by atoms with Crippen molar-refractivity contribution in [3.63, 3.8) is 0 Å². The van der Waals surface area contributed by atoms with E-state index in [0.717, 1.165) is 26.9 Å². The summed E-state index contributed by atoms with van der Waals surface area (Å²) in [5.74, 6) is -1.87. The average Bonchev–Trinajstić information content (AvgIpc) is 3.39. The van der Waals surface area contributed by atoms with Gasteiger partial charge in [-0.15, -0.1) is 0 Å². The van der Waals surface area contributed by atoms with E-state index in [9.17, 15) is 19.8 Å². The first-order chi connectivity index (χ1) is 17.6. The van der Waals surface area contributed by atoms with Gasteiger partial charge in [0.25, 0.3) is 5.78 Å². The van der Waals surface area contributed by atoms with Crippen LogP contribution >= 0.6 is 27.3 Å². The Balaban J connectivity index is 1.78. The zero-order valence-corrected chi connectivity index (χ0v) is 22.9. The Bertz CT molecular complexity index is 1620. The number of Topliss-reactive ketones (excluding diaryl/α,β-unsaturated/α-hetero) is 1. The van der Waals surface area contributed by atoms with Gasteiger partial charge in [-0.3, -0.25) is 14.5 Å². The van der Waals surface area contributed by atoms with Crippen molar-refractivity contribution in [2.24, 2.45) is 0 Å². The summed E-state index contributed by atoms with van der Waals surface area (Å²) in [7, 11) is 1.41. The number of aliphatic hydroxyl groups is 1. The fourth-order valence-corrected chi connectivity index (χ4v) is 6.21. The Kier molecular flexibility index (Phi) is 6.29. The van der Waals surface area contributed by atoms with Crippen LogP contribution in [0.15, 0.2) is 58.6 Å². The van der Waals surface area contributed by atoms with Crippen LogP contribution in [0.5, 0.6) is 11.5 Å². The highest BCUT2D eigenvalue weighted by atomic mass is 79.9. The zero-order chi connectivity index (χ0) is 26.6. The summed E-state index contributed by atoms with van der Waals surface area (Å²) in [6.07, 6.45) is 0. The summed E-state index contributed by atoms with van der Waals surface area (Å²) in [5.41, 5.74) is 4.55. The molecular weight excluding hydrogens is 556 g/mol. The van der Waals surface area contributed by atoms with Gasteiger partial charge in [-0.25, -0.2) is 4.98 Å². The Morgan fingerprint density at radius 3 is 2.43 bits per heavy atom. The second-order valence-electron chi connectivity index (χ2n) is 9.01. The number of ketones is 1. The van der Waals surface area contributed by atoms with Crippen LogP contribution in [0.2, 0.25) is 0 Å². The molecule has 37 heavy (non-hydrogen) atoms. The second kappa shape index (κ2) is 9.32. The quantitative estimate of drug-likeness (QED) is 0.167. The van der Waals surface area contributed by atoms with Gasteiger partial charge in [-0.2, -0.15) is 0 Å². The van der Waals surface area contributed by atoms with Crippen molar-refractivity contribution in [1.82, 2.24) is 4.98 Å². The molecule has 7 nitrogen and oxygen atoms in total. The molecule has 0 radical (unpaired) electrons. The van der Waals surface area contributed by atoms with Crippen LogP contribution in [0.3, 0.4) is 0 Å². The van der Waals surface area contributed by atoms with Crippen molar-refractivity contribution in [3.8, 4) is 11.5 Å². The van der Waals surface area contributed by atoms with Crippen LogP contribution in [0.4, 0.5) is 5.13 Å². The normalized spacial score (nSPS) is 17.1. The molecule has 2 N–H and O–H groups in total. The number of amides is 1. The summed E-state index contributed by atoms with van der Waals surface area (Å²) < 4.78 is 6.53. The molecule has 0 aliphatic carbocycles. The van der Waals surface area contributed by atoms with Crippen LogP contribution in [-0.4, -0.2) is 34.0 Å². The molecule has 0 saturated carbocycles. The first-order valence-corrected chi connectivity index (χ1v) is 13.0.